The normalized spacial score (nSPS) is 18.8. The van der Waals surface area contributed by atoms with Gasteiger partial charge in [-0.1, -0.05) is 18.5 Å². The number of hydrogen-bond donors (Lipinski definition) is 3. The minimum atomic E-state index is -0.480. The first kappa shape index (κ1) is 22.6. The van der Waals surface area contributed by atoms with Crippen molar-refractivity contribution in [3.05, 3.63) is 41.6 Å². The molecule has 0 spiro atoms. The Hall–Kier alpha value is -2.62. The molecule has 0 aliphatic heterocycles. The number of benzene rings is 1. The second-order valence-corrected chi connectivity index (χ2v) is 8.31. The SMILES string of the molecule is CCN(CCO)C1CCC(Nc2ncc3ncnc(Nc4ccc(F)c(Cl)c4)c3n2)CC1. The first-order valence-electron chi connectivity index (χ1n) is 10.9. The van der Waals surface area contributed by atoms with Crippen LogP contribution < -0.4 is 10.6 Å². The molecule has 3 aromatic rings. The summed E-state index contributed by atoms with van der Waals surface area (Å²) in [5.74, 6) is 0.541. The fraction of sp³-hybridized carbons (Fsp3) is 0.455. The summed E-state index contributed by atoms with van der Waals surface area (Å²) in [7, 11) is 0. The molecule has 4 rings (SSSR count). The number of anilines is 3. The van der Waals surface area contributed by atoms with Crippen LogP contribution in [0.4, 0.5) is 21.8 Å². The summed E-state index contributed by atoms with van der Waals surface area (Å²) in [5, 5.41) is 15.9. The molecule has 0 bridgehead atoms. The lowest BCUT2D eigenvalue weighted by Crippen LogP contribution is -2.41. The molecule has 0 atom stereocenters. The molecule has 170 valence electrons. The number of nitrogens with zero attached hydrogens (tertiary/aromatic N) is 5. The Labute approximate surface area is 191 Å². The minimum Gasteiger partial charge on any atom is -0.395 e. The largest absolute Gasteiger partial charge is 0.395 e. The fourth-order valence-electron chi connectivity index (χ4n) is 4.22. The zero-order valence-corrected chi connectivity index (χ0v) is 18.7. The molecular formula is C22H27ClFN7O. The van der Waals surface area contributed by atoms with Crippen molar-refractivity contribution in [1.29, 1.82) is 0 Å². The Kier molecular flexibility index (Phi) is 7.29. The van der Waals surface area contributed by atoms with E-state index in [1.165, 1.54) is 18.5 Å². The van der Waals surface area contributed by atoms with Crippen LogP contribution in [0.15, 0.2) is 30.7 Å². The number of nitrogens with one attached hydrogen (secondary N) is 2. The summed E-state index contributed by atoms with van der Waals surface area (Å²) in [6.45, 7) is 4.00. The molecule has 8 nitrogen and oxygen atoms in total. The van der Waals surface area contributed by atoms with Crippen molar-refractivity contribution in [1.82, 2.24) is 24.8 Å². The first-order chi connectivity index (χ1) is 15.6. The maximum Gasteiger partial charge on any atom is 0.223 e. The molecule has 1 aliphatic rings. The molecule has 32 heavy (non-hydrogen) atoms. The zero-order chi connectivity index (χ0) is 22.5. The average Bonchev–Trinajstić information content (AvgIpc) is 2.81. The molecule has 0 amide bonds. The second-order valence-electron chi connectivity index (χ2n) is 7.91. The van der Waals surface area contributed by atoms with Gasteiger partial charge in [0.25, 0.3) is 0 Å². The monoisotopic (exact) mass is 459 g/mol. The number of aliphatic hydroxyl groups is 1. The molecule has 0 unspecified atom stereocenters. The van der Waals surface area contributed by atoms with Crippen LogP contribution >= 0.6 is 11.6 Å². The average molecular weight is 460 g/mol. The minimum absolute atomic E-state index is 0.0292. The fourth-order valence-corrected chi connectivity index (χ4v) is 4.40. The highest BCUT2D eigenvalue weighted by Crippen LogP contribution is 2.27. The van der Waals surface area contributed by atoms with Crippen LogP contribution in [0.25, 0.3) is 11.0 Å². The Morgan fingerprint density at radius 1 is 1.19 bits per heavy atom. The van der Waals surface area contributed by atoms with Gasteiger partial charge < -0.3 is 15.7 Å². The van der Waals surface area contributed by atoms with E-state index in [0.717, 1.165) is 38.8 Å². The van der Waals surface area contributed by atoms with Gasteiger partial charge >= 0.3 is 0 Å². The van der Waals surface area contributed by atoms with Gasteiger partial charge in [0.15, 0.2) is 5.82 Å². The molecule has 0 radical (unpaired) electrons. The lowest BCUT2D eigenvalue weighted by atomic mass is 9.90. The molecular weight excluding hydrogens is 433 g/mol. The number of aliphatic hydroxyl groups excluding tert-OH is 1. The van der Waals surface area contributed by atoms with Crippen LogP contribution in [-0.4, -0.2) is 61.7 Å². The molecule has 1 saturated carbocycles. The van der Waals surface area contributed by atoms with Crippen LogP contribution in [0, 0.1) is 5.82 Å². The molecule has 10 heteroatoms. The van der Waals surface area contributed by atoms with Crippen LogP contribution in [-0.2, 0) is 0 Å². The van der Waals surface area contributed by atoms with Crippen LogP contribution in [0.1, 0.15) is 32.6 Å². The predicted octanol–water partition coefficient (Wildman–Crippen LogP) is 3.99. The third-order valence-corrected chi connectivity index (χ3v) is 6.19. The van der Waals surface area contributed by atoms with E-state index < -0.39 is 5.82 Å². The molecule has 1 aromatic carbocycles. The van der Waals surface area contributed by atoms with E-state index in [1.54, 1.807) is 12.3 Å². The number of halogens is 2. The Balaban J connectivity index is 1.46. The number of likely N-dealkylation sites (N-methyl/N-ethyl adjacent to an activating group) is 1. The van der Waals surface area contributed by atoms with Crippen molar-refractivity contribution >= 4 is 40.1 Å². The molecule has 1 aliphatic carbocycles. The molecule has 2 heterocycles. The van der Waals surface area contributed by atoms with Gasteiger partial charge in [-0.05, 0) is 50.4 Å². The number of hydrogen-bond acceptors (Lipinski definition) is 8. The lowest BCUT2D eigenvalue weighted by Gasteiger charge is -2.36. The highest BCUT2D eigenvalue weighted by molar-refractivity contribution is 6.31. The summed E-state index contributed by atoms with van der Waals surface area (Å²) in [6, 6.07) is 5.18. The summed E-state index contributed by atoms with van der Waals surface area (Å²) in [4.78, 5) is 20.0. The van der Waals surface area contributed by atoms with Crippen LogP contribution in [0.2, 0.25) is 5.02 Å². The molecule has 0 saturated heterocycles. The first-order valence-corrected chi connectivity index (χ1v) is 11.3. The van der Waals surface area contributed by atoms with Gasteiger partial charge in [0, 0.05) is 24.3 Å². The Morgan fingerprint density at radius 2 is 2.00 bits per heavy atom. The maximum atomic E-state index is 13.5. The predicted molar refractivity (Wildman–Crippen MR) is 124 cm³/mol. The van der Waals surface area contributed by atoms with Crippen molar-refractivity contribution in [2.24, 2.45) is 0 Å². The van der Waals surface area contributed by atoms with Gasteiger partial charge in [-0.25, -0.2) is 24.3 Å². The van der Waals surface area contributed by atoms with Crippen molar-refractivity contribution in [3.63, 3.8) is 0 Å². The molecule has 1 fully saturated rings. The third-order valence-electron chi connectivity index (χ3n) is 5.90. The van der Waals surface area contributed by atoms with Crippen molar-refractivity contribution in [2.75, 3.05) is 30.3 Å². The van der Waals surface area contributed by atoms with Crippen LogP contribution in [0.5, 0.6) is 0 Å². The smallest absolute Gasteiger partial charge is 0.223 e. The Morgan fingerprint density at radius 3 is 2.72 bits per heavy atom. The van der Waals surface area contributed by atoms with Crippen molar-refractivity contribution in [3.8, 4) is 0 Å². The van der Waals surface area contributed by atoms with Gasteiger partial charge in [-0.15, -0.1) is 0 Å². The second kappa shape index (κ2) is 10.3. The van der Waals surface area contributed by atoms with Gasteiger partial charge in [-0.2, -0.15) is 0 Å². The van der Waals surface area contributed by atoms with E-state index in [0.29, 0.717) is 34.5 Å². The lowest BCUT2D eigenvalue weighted by molar-refractivity contribution is 0.127. The summed E-state index contributed by atoms with van der Waals surface area (Å²) in [5.41, 5.74) is 1.78. The van der Waals surface area contributed by atoms with Crippen molar-refractivity contribution in [2.45, 2.75) is 44.7 Å². The summed E-state index contributed by atoms with van der Waals surface area (Å²) >= 11 is 5.89. The summed E-state index contributed by atoms with van der Waals surface area (Å²) < 4.78 is 13.5. The molecule has 3 N–H and O–H groups in total. The Bertz CT molecular complexity index is 1060. The van der Waals surface area contributed by atoms with Gasteiger partial charge in [0.1, 0.15) is 23.2 Å². The molecule has 2 aromatic heterocycles. The van der Waals surface area contributed by atoms with Crippen LogP contribution in [0.3, 0.4) is 0 Å². The standard InChI is InChI=1S/C22H27ClFN7O/c1-2-31(9-10-32)16-6-3-14(4-7-16)29-22-25-12-19-20(30-22)21(27-13-26-19)28-15-5-8-18(24)17(23)11-15/h5,8,11-14,16,32H,2-4,6-7,9-10H2,1H3,(H,25,29,30)(H,26,27,28). The van der Waals surface area contributed by atoms with E-state index in [-0.39, 0.29) is 17.7 Å². The van der Waals surface area contributed by atoms with Gasteiger partial charge in [-0.3, -0.25) is 4.90 Å². The van der Waals surface area contributed by atoms with E-state index >= 15 is 0 Å². The number of rotatable bonds is 8. The summed E-state index contributed by atoms with van der Waals surface area (Å²) in [6.07, 6.45) is 7.26. The van der Waals surface area contributed by atoms with Gasteiger partial charge in [0.05, 0.1) is 17.8 Å². The topological polar surface area (TPSA) is 99.1 Å². The number of aromatic nitrogens is 4. The quantitative estimate of drug-likeness (QED) is 0.465. The highest BCUT2D eigenvalue weighted by atomic mass is 35.5. The van der Waals surface area contributed by atoms with E-state index in [1.807, 2.05) is 0 Å². The number of fused-ring (bicyclic) bond motifs is 1. The maximum absolute atomic E-state index is 13.5. The van der Waals surface area contributed by atoms with E-state index in [9.17, 15) is 9.50 Å². The zero-order valence-electron chi connectivity index (χ0n) is 17.9. The van der Waals surface area contributed by atoms with Gasteiger partial charge in [0.2, 0.25) is 5.95 Å². The van der Waals surface area contributed by atoms with E-state index in [4.69, 9.17) is 11.6 Å². The van der Waals surface area contributed by atoms with E-state index in [2.05, 4.69) is 42.4 Å². The van der Waals surface area contributed by atoms with Crippen molar-refractivity contribution < 1.29 is 9.50 Å². The highest BCUT2D eigenvalue weighted by Gasteiger charge is 2.25. The third kappa shape index (κ3) is 5.23.